The first-order valence-corrected chi connectivity index (χ1v) is 8.27. The fourth-order valence-corrected chi connectivity index (χ4v) is 3.67. The second-order valence-electron chi connectivity index (χ2n) is 4.91. The van der Waals surface area contributed by atoms with Gasteiger partial charge in [-0.1, -0.05) is 27.5 Å². The van der Waals surface area contributed by atoms with Gasteiger partial charge in [0, 0.05) is 15.8 Å². The van der Waals surface area contributed by atoms with Crippen LogP contribution in [0.1, 0.15) is 12.8 Å². The number of aliphatic carboxylic acids is 1. The van der Waals surface area contributed by atoms with Gasteiger partial charge in [-0.2, -0.15) is 0 Å². The van der Waals surface area contributed by atoms with Crippen LogP contribution in [-0.4, -0.2) is 22.2 Å². The van der Waals surface area contributed by atoms with Crippen molar-refractivity contribution in [2.75, 3.05) is 0 Å². The second-order valence-corrected chi connectivity index (χ2v) is 7.01. The van der Waals surface area contributed by atoms with E-state index in [1.165, 1.54) is 0 Å². The lowest BCUT2D eigenvalue weighted by Crippen LogP contribution is -2.29. The monoisotopic (exact) mass is 433 g/mol. The summed E-state index contributed by atoms with van der Waals surface area (Å²) >= 11 is 12.8. The number of benzene rings is 1. The number of carbonyl (C=O) groups is 1. The molecule has 0 amide bonds. The zero-order valence-electron chi connectivity index (χ0n) is 10.6. The molecule has 0 radical (unpaired) electrons. The molecule has 4 nitrogen and oxygen atoms in total. The summed E-state index contributed by atoms with van der Waals surface area (Å²) in [5.74, 6) is -0.482. The summed E-state index contributed by atoms with van der Waals surface area (Å²) in [6.07, 6.45) is 0.889. The Bertz CT molecular complexity index is 734. The van der Waals surface area contributed by atoms with Crippen molar-refractivity contribution in [1.29, 1.82) is 0 Å². The molecule has 1 atom stereocenters. The average Bonchev–Trinajstić information content (AvgIpc) is 3.22. The van der Waals surface area contributed by atoms with Crippen LogP contribution in [0.5, 0.6) is 5.75 Å². The third-order valence-electron chi connectivity index (χ3n) is 3.34. The van der Waals surface area contributed by atoms with Gasteiger partial charge in [-0.05, 0) is 47.0 Å². The summed E-state index contributed by atoms with van der Waals surface area (Å²) in [6.45, 7) is 0. The zero-order chi connectivity index (χ0) is 15.1. The van der Waals surface area contributed by atoms with Crippen LogP contribution >= 0.6 is 43.5 Å². The molecule has 21 heavy (non-hydrogen) atoms. The molecular weight excluding hydrogens is 425 g/mol. The summed E-state index contributed by atoms with van der Waals surface area (Å²) in [5.41, 5.74) is 0.538. The molecular formula is C14H10Br2ClNO3. The maximum Gasteiger partial charge on any atom is 0.345 e. The van der Waals surface area contributed by atoms with Gasteiger partial charge in [0.25, 0.3) is 0 Å². The molecule has 1 saturated carbocycles. The van der Waals surface area contributed by atoms with E-state index in [-0.39, 0.29) is 5.92 Å². The molecule has 0 saturated heterocycles. The van der Waals surface area contributed by atoms with Crippen molar-refractivity contribution < 1.29 is 14.6 Å². The van der Waals surface area contributed by atoms with E-state index in [1.807, 2.05) is 12.1 Å². The fraction of sp³-hybridized carbons (Fsp3) is 0.286. The van der Waals surface area contributed by atoms with Crippen molar-refractivity contribution in [3.05, 3.63) is 32.3 Å². The van der Waals surface area contributed by atoms with E-state index >= 15 is 0 Å². The van der Waals surface area contributed by atoms with Gasteiger partial charge >= 0.3 is 5.97 Å². The molecule has 1 N–H and O–H groups in total. The van der Waals surface area contributed by atoms with Crippen LogP contribution < -0.4 is 4.74 Å². The number of rotatable bonds is 4. The molecule has 3 rings (SSSR count). The van der Waals surface area contributed by atoms with Gasteiger partial charge in [0.05, 0.1) is 4.47 Å². The number of pyridine rings is 1. The zero-order valence-corrected chi connectivity index (χ0v) is 14.6. The van der Waals surface area contributed by atoms with Gasteiger partial charge in [0.2, 0.25) is 0 Å². The second kappa shape index (κ2) is 5.74. The molecule has 110 valence electrons. The predicted molar refractivity (Wildman–Crippen MR) is 86.9 cm³/mol. The minimum absolute atomic E-state index is 0.0623. The van der Waals surface area contributed by atoms with Crippen LogP contribution in [0, 0.1) is 5.92 Å². The van der Waals surface area contributed by atoms with Crippen LogP contribution in [0.2, 0.25) is 5.15 Å². The number of nitrogens with zero attached hydrogens (tertiary/aromatic N) is 1. The van der Waals surface area contributed by atoms with Crippen molar-refractivity contribution in [3.8, 4) is 5.75 Å². The van der Waals surface area contributed by atoms with E-state index in [1.54, 1.807) is 6.07 Å². The number of carboxylic acids is 1. The molecule has 1 unspecified atom stereocenters. The van der Waals surface area contributed by atoms with E-state index in [4.69, 9.17) is 16.3 Å². The Morgan fingerprint density at radius 1 is 1.38 bits per heavy atom. The first-order valence-electron chi connectivity index (χ1n) is 6.31. The third-order valence-corrected chi connectivity index (χ3v) is 4.80. The topological polar surface area (TPSA) is 59.4 Å². The number of halogens is 3. The summed E-state index contributed by atoms with van der Waals surface area (Å²) < 4.78 is 7.24. The van der Waals surface area contributed by atoms with E-state index in [2.05, 4.69) is 36.8 Å². The smallest absolute Gasteiger partial charge is 0.345 e. The summed E-state index contributed by atoms with van der Waals surface area (Å²) in [4.78, 5) is 15.6. The number of ether oxygens (including phenoxy) is 1. The molecule has 1 aliphatic carbocycles. The fourth-order valence-electron chi connectivity index (χ4n) is 2.16. The molecule has 1 aromatic heterocycles. The Labute approximate surface area is 142 Å². The Hall–Kier alpha value is -0.850. The van der Waals surface area contributed by atoms with Crippen LogP contribution in [-0.2, 0) is 4.79 Å². The van der Waals surface area contributed by atoms with Crippen molar-refractivity contribution in [2.24, 2.45) is 5.92 Å². The molecule has 1 heterocycles. The lowest BCUT2D eigenvalue weighted by Gasteiger charge is -2.17. The molecule has 0 bridgehead atoms. The predicted octanol–water partition coefficient (Wildman–Crippen LogP) is 4.66. The van der Waals surface area contributed by atoms with Gasteiger partial charge in [-0.25, -0.2) is 9.78 Å². The minimum atomic E-state index is -0.956. The Kier molecular flexibility index (Phi) is 4.12. The van der Waals surface area contributed by atoms with E-state index in [0.717, 1.165) is 22.7 Å². The van der Waals surface area contributed by atoms with Gasteiger partial charge in [-0.3, -0.25) is 0 Å². The van der Waals surface area contributed by atoms with Crippen molar-refractivity contribution >= 4 is 60.3 Å². The number of carboxylic acid groups (broad SMARTS) is 1. The van der Waals surface area contributed by atoms with Crippen molar-refractivity contribution in [1.82, 2.24) is 4.98 Å². The van der Waals surface area contributed by atoms with Gasteiger partial charge in [0.15, 0.2) is 11.9 Å². The first-order chi connectivity index (χ1) is 9.97. The molecule has 0 aliphatic heterocycles. The van der Waals surface area contributed by atoms with Crippen LogP contribution in [0.3, 0.4) is 0 Å². The Morgan fingerprint density at radius 3 is 2.71 bits per heavy atom. The first kappa shape index (κ1) is 15.1. The molecule has 7 heteroatoms. The lowest BCUT2D eigenvalue weighted by molar-refractivity contribution is -0.146. The maximum atomic E-state index is 11.4. The highest BCUT2D eigenvalue weighted by Gasteiger charge is 2.39. The SMILES string of the molecule is O=C(O)C(Oc1c(Br)cc(Br)c2ccc(Cl)nc12)C1CC1. The van der Waals surface area contributed by atoms with Gasteiger partial charge in [-0.15, -0.1) is 0 Å². The van der Waals surface area contributed by atoms with E-state index < -0.39 is 12.1 Å². The maximum absolute atomic E-state index is 11.4. The third kappa shape index (κ3) is 3.03. The van der Waals surface area contributed by atoms with Crippen LogP contribution in [0.4, 0.5) is 0 Å². The normalized spacial score (nSPS) is 16.0. The van der Waals surface area contributed by atoms with Crippen LogP contribution in [0.15, 0.2) is 27.1 Å². The highest BCUT2D eigenvalue weighted by molar-refractivity contribution is 9.11. The average molecular weight is 435 g/mol. The summed E-state index contributed by atoms with van der Waals surface area (Å²) in [5, 5.41) is 10.5. The summed E-state index contributed by atoms with van der Waals surface area (Å²) in [7, 11) is 0. The van der Waals surface area contributed by atoms with Gasteiger partial charge < -0.3 is 9.84 Å². The summed E-state index contributed by atoms with van der Waals surface area (Å²) in [6, 6.07) is 5.32. The molecule has 2 aromatic rings. The van der Waals surface area contributed by atoms with E-state index in [9.17, 15) is 9.90 Å². The standard InChI is InChI=1S/C14H10Br2ClNO3/c15-8-5-9(16)13(11-7(8)3-4-10(17)18-11)21-12(14(19)20)6-1-2-6/h3-6,12H,1-2H2,(H,19,20). The largest absolute Gasteiger partial charge is 0.478 e. The number of hydrogen-bond acceptors (Lipinski definition) is 3. The number of aromatic nitrogens is 1. The van der Waals surface area contributed by atoms with Crippen molar-refractivity contribution in [2.45, 2.75) is 18.9 Å². The molecule has 0 spiro atoms. The van der Waals surface area contributed by atoms with Crippen LogP contribution in [0.25, 0.3) is 10.9 Å². The number of fused-ring (bicyclic) bond motifs is 1. The lowest BCUT2D eigenvalue weighted by atomic mass is 10.2. The Balaban J connectivity index is 2.12. The van der Waals surface area contributed by atoms with Gasteiger partial charge in [0.1, 0.15) is 10.7 Å². The Morgan fingerprint density at radius 2 is 2.10 bits per heavy atom. The number of hydrogen-bond donors (Lipinski definition) is 1. The molecule has 1 fully saturated rings. The minimum Gasteiger partial charge on any atom is -0.478 e. The molecule has 1 aliphatic rings. The van der Waals surface area contributed by atoms with E-state index in [0.29, 0.717) is 20.9 Å². The highest BCUT2D eigenvalue weighted by atomic mass is 79.9. The molecule has 1 aromatic carbocycles. The van der Waals surface area contributed by atoms with Crippen molar-refractivity contribution in [3.63, 3.8) is 0 Å². The quantitative estimate of drug-likeness (QED) is 0.710. The highest BCUT2D eigenvalue weighted by Crippen LogP contribution is 2.41.